The topological polar surface area (TPSA) is 113 Å². The molecule has 176 valence electrons. The standard InChI is InChI=1S/C28H16N6O3/c35-28-34(26(33-37-28)21-13-4-8-18-10-6-16-30-24(18)21)22-14-2-1-11-19(22)27-31-25(32-36-27)20-12-3-7-17-9-5-15-29-23(17)20/h1-16H. The molecule has 3 aromatic carbocycles. The molecule has 4 aromatic heterocycles. The van der Waals surface area contributed by atoms with Gasteiger partial charge in [0.15, 0.2) is 5.82 Å². The van der Waals surface area contributed by atoms with Crippen LogP contribution in [0.2, 0.25) is 0 Å². The van der Waals surface area contributed by atoms with Crippen LogP contribution < -0.4 is 5.76 Å². The number of hydrogen-bond acceptors (Lipinski definition) is 8. The Balaban J connectivity index is 1.39. The summed E-state index contributed by atoms with van der Waals surface area (Å²) in [7, 11) is 0. The largest absolute Gasteiger partial charge is 0.446 e. The Morgan fingerprint density at radius 1 is 0.622 bits per heavy atom. The highest BCUT2D eigenvalue weighted by Gasteiger charge is 2.22. The van der Waals surface area contributed by atoms with Gasteiger partial charge in [0.05, 0.1) is 22.3 Å². The number of para-hydroxylation sites is 3. The third kappa shape index (κ3) is 3.41. The molecule has 0 amide bonds. The SMILES string of the molecule is O=c1onc(-c2cccc3cccnc23)n1-c1ccccc1-c1nc(-c2cccc3cccnc23)no1. The van der Waals surface area contributed by atoms with E-state index in [0.29, 0.717) is 34.0 Å². The molecule has 0 aliphatic carbocycles. The van der Waals surface area contributed by atoms with Crippen LogP contribution in [0.1, 0.15) is 0 Å². The van der Waals surface area contributed by atoms with Crippen LogP contribution in [-0.2, 0) is 0 Å². The molecule has 9 nitrogen and oxygen atoms in total. The Morgan fingerprint density at radius 2 is 1.27 bits per heavy atom. The minimum absolute atomic E-state index is 0.244. The lowest BCUT2D eigenvalue weighted by Gasteiger charge is -2.09. The van der Waals surface area contributed by atoms with E-state index in [9.17, 15) is 4.79 Å². The lowest BCUT2D eigenvalue weighted by Crippen LogP contribution is -2.14. The van der Waals surface area contributed by atoms with Crippen molar-refractivity contribution in [3.8, 4) is 39.9 Å². The number of benzene rings is 3. The summed E-state index contributed by atoms with van der Waals surface area (Å²) < 4.78 is 12.2. The molecule has 9 heteroatoms. The molecule has 0 saturated carbocycles. The van der Waals surface area contributed by atoms with Gasteiger partial charge >= 0.3 is 5.76 Å². The lowest BCUT2D eigenvalue weighted by atomic mass is 10.1. The highest BCUT2D eigenvalue weighted by molar-refractivity contribution is 5.93. The van der Waals surface area contributed by atoms with E-state index >= 15 is 0 Å². The predicted octanol–water partition coefficient (Wildman–Crippen LogP) is 5.31. The highest BCUT2D eigenvalue weighted by Crippen LogP contribution is 2.32. The van der Waals surface area contributed by atoms with Gasteiger partial charge in [0.25, 0.3) is 5.89 Å². The fourth-order valence-corrected chi connectivity index (χ4v) is 4.49. The van der Waals surface area contributed by atoms with Crippen LogP contribution in [0.5, 0.6) is 0 Å². The number of aromatic nitrogens is 6. The molecule has 0 atom stereocenters. The van der Waals surface area contributed by atoms with Crippen molar-refractivity contribution in [1.29, 1.82) is 0 Å². The summed E-state index contributed by atoms with van der Waals surface area (Å²) in [6.07, 6.45) is 3.43. The zero-order chi connectivity index (χ0) is 24.8. The predicted molar refractivity (Wildman–Crippen MR) is 137 cm³/mol. The molecule has 0 unspecified atom stereocenters. The molecule has 0 bridgehead atoms. The first-order valence-electron chi connectivity index (χ1n) is 11.5. The summed E-state index contributed by atoms with van der Waals surface area (Å²) in [5, 5.41) is 10.2. The molecule has 37 heavy (non-hydrogen) atoms. The number of fused-ring (bicyclic) bond motifs is 2. The Kier molecular flexibility index (Phi) is 4.71. The minimum Gasteiger partial charge on any atom is -0.334 e. The van der Waals surface area contributed by atoms with Gasteiger partial charge in [-0.25, -0.2) is 9.36 Å². The molecule has 7 rings (SSSR count). The summed E-state index contributed by atoms with van der Waals surface area (Å²) in [6.45, 7) is 0. The van der Waals surface area contributed by atoms with E-state index in [1.807, 2.05) is 72.8 Å². The van der Waals surface area contributed by atoms with Crippen molar-refractivity contribution >= 4 is 21.8 Å². The van der Waals surface area contributed by atoms with Gasteiger partial charge in [-0.3, -0.25) is 14.5 Å². The van der Waals surface area contributed by atoms with Crippen LogP contribution in [0.4, 0.5) is 0 Å². The van der Waals surface area contributed by atoms with E-state index < -0.39 is 5.76 Å². The lowest BCUT2D eigenvalue weighted by molar-refractivity contribution is 0.383. The van der Waals surface area contributed by atoms with Crippen LogP contribution in [-0.4, -0.2) is 29.8 Å². The first-order chi connectivity index (χ1) is 18.3. The van der Waals surface area contributed by atoms with E-state index in [1.54, 1.807) is 24.5 Å². The second-order valence-corrected chi connectivity index (χ2v) is 8.31. The van der Waals surface area contributed by atoms with E-state index in [0.717, 1.165) is 21.9 Å². The number of rotatable bonds is 4. The summed E-state index contributed by atoms with van der Waals surface area (Å²) in [5.74, 6) is 0.312. The van der Waals surface area contributed by atoms with E-state index in [-0.39, 0.29) is 5.89 Å². The van der Waals surface area contributed by atoms with Crippen LogP contribution >= 0.6 is 0 Å². The van der Waals surface area contributed by atoms with Gasteiger partial charge < -0.3 is 4.52 Å². The maximum absolute atomic E-state index is 12.9. The third-order valence-electron chi connectivity index (χ3n) is 6.15. The average molecular weight is 484 g/mol. The van der Waals surface area contributed by atoms with Gasteiger partial charge in [-0.1, -0.05) is 58.8 Å². The first-order valence-corrected chi connectivity index (χ1v) is 11.5. The summed E-state index contributed by atoms with van der Waals surface area (Å²) in [5.41, 5.74) is 3.92. The van der Waals surface area contributed by atoms with E-state index in [1.165, 1.54) is 4.57 Å². The monoisotopic (exact) mass is 484 g/mol. The molecule has 0 saturated heterocycles. The van der Waals surface area contributed by atoms with Crippen LogP contribution in [0.3, 0.4) is 0 Å². The van der Waals surface area contributed by atoms with Crippen LogP contribution in [0.15, 0.2) is 111 Å². The zero-order valence-electron chi connectivity index (χ0n) is 19.1. The van der Waals surface area contributed by atoms with Crippen molar-refractivity contribution < 1.29 is 9.05 Å². The third-order valence-corrected chi connectivity index (χ3v) is 6.15. The van der Waals surface area contributed by atoms with E-state index in [2.05, 4.69) is 25.3 Å². The maximum atomic E-state index is 12.9. The van der Waals surface area contributed by atoms with Crippen molar-refractivity contribution in [3.63, 3.8) is 0 Å². The fraction of sp³-hybridized carbons (Fsp3) is 0. The summed E-state index contributed by atoms with van der Waals surface area (Å²) in [4.78, 5) is 26.6. The Hall–Kier alpha value is -5.44. The Labute approximate surface area is 208 Å². The molecule has 0 aliphatic rings. The second-order valence-electron chi connectivity index (χ2n) is 8.31. The van der Waals surface area contributed by atoms with E-state index in [4.69, 9.17) is 9.05 Å². The van der Waals surface area contributed by atoms with Gasteiger partial charge in [-0.05, 0) is 36.4 Å². The molecule has 4 heterocycles. The van der Waals surface area contributed by atoms with Gasteiger partial charge in [0.2, 0.25) is 5.82 Å². The van der Waals surface area contributed by atoms with Gasteiger partial charge in [-0.2, -0.15) is 4.98 Å². The maximum Gasteiger partial charge on any atom is 0.446 e. The van der Waals surface area contributed by atoms with Crippen LogP contribution in [0, 0.1) is 0 Å². The molecule has 0 spiro atoms. The van der Waals surface area contributed by atoms with Gasteiger partial charge in [0, 0.05) is 34.3 Å². The fourth-order valence-electron chi connectivity index (χ4n) is 4.49. The van der Waals surface area contributed by atoms with Crippen molar-refractivity contribution in [3.05, 3.63) is 108 Å². The molecule has 7 aromatic rings. The number of hydrogen-bond donors (Lipinski definition) is 0. The van der Waals surface area contributed by atoms with Crippen molar-refractivity contribution in [2.24, 2.45) is 0 Å². The Morgan fingerprint density at radius 3 is 2.05 bits per heavy atom. The second kappa shape index (κ2) is 8.35. The molecule has 0 fully saturated rings. The van der Waals surface area contributed by atoms with Crippen molar-refractivity contribution in [2.45, 2.75) is 0 Å². The van der Waals surface area contributed by atoms with Gasteiger partial charge in [-0.15, -0.1) is 0 Å². The molecular weight excluding hydrogens is 468 g/mol. The number of nitrogens with zero attached hydrogens (tertiary/aromatic N) is 6. The molecule has 0 radical (unpaired) electrons. The highest BCUT2D eigenvalue weighted by atomic mass is 16.5. The Bertz CT molecular complexity index is 1980. The molecule has 0 aliphatic heterocycles. The quantitative estimate of drug-likeness (QED) is 0.330. The zero-order valence-corrected chi connectivity index (χ0v) is 19.1. The normalized spacial score (nSPS) is 11.4. The average Bonchev–Trinajstić information content (AvgIpc) is 3.59. The smallest absolute Gasteiger partial charge is 0.334 e. The van der Waals surface area contributed by atoms with Gasteiger partial charge in [0.1, 0.15) is 0 Å². The molecule has 0 N–H and O–H groups in total. The summed E-state index contributed by atoms with van der Waals surface area (Å²) >= 11 is 0. The van der Waals surface area contributed by atoms with Crippen molar-refractivity contribution in [1.82, 2.24) is 29.8 Å². The summed E-state index contributed by atoms with van der Waals surface area (Å²) in [6, 6.07) is 26.4. The minimum atomic E-state index is -0.645. The van der Waals surface area contributed by atoms with Crippen molar-refractivity contribution in [2.75, 3.05) is 0 Å². The first kappa shape index (κ1) is 20.9. The number of pyridine rings is 2. The molecular formula is C28H16N6O3. The van der Waals surface area contributed by atoms with Crippen LogP contribution in [0.25, 0.3) is 61.7 Å².